The van der Waals surface area contributed by atoms with E-state index in [0.29, 0.717) is 19.3 Å². The van der Waals surface area contributed by atoms with E-state index in [4.69, 9.17) is 4.74 Å². The van der Waals surface area contributed by atoms with Gasteiger partial charge in [0, 0.05) is 6.42 Å². The highest BCUT2D eigenvalue weighted by Gasteiger charge is 2.24. The van der Waals surface area contributed by atoms with E-state index in [9.17, 15) is 19.8 Å². The summed E-state index contributed by atoms with van der Waals surface area (Å²) >= 11 is 0. The molecular formula is C58H109NO5. The number of hydrogen-bond acceptors (Lipinski definition) is 5. The van der Waals surface area contributed by atoms with Crippen molar-refractivity contribution in [2.45, 2.75) is 315 Å². The molecule has 0 saturated carbocycles. The highest BCUT2D eigenvalue weighted by atomic mass is 16.5. The summed E-state index contributed by atoms with van der Waals surface area (Å²) in [4.78, 5) is 26.2. The van der Waals surface area contributed by atoms with Gasteiger partial charge in [0.05, 0.1) is 25.2 Å². The second-order valence-electron chi connectivity index (χ2n) is 19.4. The maximum absolute atomic E-state index is 13.2. The number of unbranched alkanes of at least 4 members (excludes halogenated alkanes) is 34. The van der Waals surface area contributed by atoms with Crippen molar-refractivity contribution in [2.24, 2.45) is 0 Å². The second-order valence-corrected chi connectivity index (χ2v) is 19.4. The van der Waals surface area contributed by atoms with Gasteiger partial charge in [-0.2, -0.15) is 0 Å². The number of nitrogens with one attached hydrogen (secondary N) is 1. The van der Waals surface area contributed by atoms with Gasteiger partial charge in [0.15, 0.2) is 0 Å². The maximum Gasteiger partial charge on any atom is 0.306 e. The number of carbonyl (C=O) groups is 2. The summed E-state index contributed by atoms with van der Waals surface area (Å²) in [6.07, 6.45) is 62.1. The van der Waals surface area contributed by atoms with Gasteiger partial charge in [-0.05, 0) is 77.0 Å². The fraction of sp³-hybridized carbons (Fsp3) is 0.862. The Bertz CT molecular complexity index is 1060. The Morgan fingerprint density at radius 2 is 0.797 bits per heavy atom. The molecule has 0 aliphatic heterocycles. The Labute approximate surface area is 398 Å². The molecule has 0 rings (SSSR count). The number of esters is 1. The number of carbonyl (C=O) groups excluding carboxylic acids is 2. The van der Waals surface area contributed by atoms with Gasteiger partial charge in [-0.3, -0.25) is 9.59 Å². The molecule has 0 bridgehead atoms. The monoisotopic (exact) mass is 900 g/mol. The molecule has 0 radical (unpaired) electrons. The summed E-state index contributed by atoms with van der Waals surface area (Å²) in [6.45, 7) is 6.47. The van der Waals surface area contributed by atoms with Gasteiger partial charge in [-0.15, -0.1) is 0 Å². The van der Waals surface area contributed by atoms with Crippen molar-refractivity contribution >= 4 is 11.9 Å². The molecule has 0 saturated heterocycles. The van der Waals surface area contributed by atoms with Crippen LogP contribution < -0.4 is 5.32 Å². The van der Waals surface area contributed by atoms with Gasteiger partial charge in [0.2, 0.25) is 5.91 Å². The molecular weight excluding hydrogens is 791 g/mol. The minimum Gasteiger partial charge on any atom is -0.462 e. The Morgan fingerprint density at radius 3 is 1.23 bits per heavy atom. The van der Waals surface area contributed by atoms with Crippen LogP contribution in [-0.4, -0.2) is 46.9 Å². The lowest BCUT2D eigenvalue weighted by Gasteiger charge is -2.24. The maximum atomic E-state index is 13.2. The topological polar surface area (TPSA) is 95.9 Å². The van der Waals surface area contributed by atoms with E-state index < -0.39 is 18.2 Å². The summed E-state index contributed by atoms with van der Waals surface area (Å²) in [5, 5.41) is 23.8. The number of aliphatic hydroxyl groups is 2. The Balaban J connectivity index is 4.54. The fourth-order valence-corrected chi connectivity index (χ4v) is 8.65. The van der Waals surface area contributed by atoms with Gasteiger partial charge in [-0.25, -0.2) is 0 Å². The van der Waals surface area contributed by atoms with Gasteiger partial charge in [0.1, 0.15) is 6.10 Å². The van der Waals surface area contributed by atoms with Crippen LogP contribution in [0.15, 0.2) is 36.5 Å². The van der Waals surface area contributed by atoms with E-state index in [1.165, 1.54) is 167 Å². The van der Waals surface area contributed by atoms with E-state index >= 15 is 0 Å². The summed E-state index contributed by atoms with van der Waals surface area (Å²) < 4.78 is 5.94. The van der Waals surface area contributed by atoms with Crippen LogP contribution in [0.2, 0.25) is 0 Å². The summed E-state index contributed by atoms with van der Waals surface area (Å²) in [5.41, 5.74) is 0. The largest absolute Gasteiger partial charge is 0.462 e. The van der Waals surface area contributed by atoms with Crippen LogP contribution in [0.3, 0.4) is 0 Å². The van der Waals surface area contributed by atoms with Crippen LogP contribution in [0.5, 0.6) is 0 Å². The fourth-order valence-electron chi connectivity index (χ4n) is 8.65. The Morgan fingerprint density at radius 1 is 0.453 bits per heavy atom. The SMILES string of the molecule is CCCCC/C=C/C=C/CCCCCCC(CC(=O)NC(CO)C(O)CCCCCCCCCCCCCCCC)OC(=O)CCCCCCC/C=C/CCCCCCCCCCC. The minimum absolute atomic E-state index is 0.0633. The lowest BCUT2D eigenvalue weighted by molar-refractivity contribution is -0.151. The molecule has 1 amide bonds. The predicted octanol–water partition coefficient (Wildman–Crippen LogP) is 17.2. The van der Waals surface area contributed by atoms with E-state index in [0.717, 1.165) is 83.5 Å². The number of aliphatic hydroxyl groups excluding tert-OH is 2. The molecule has 0 aliphatic carbocycles. The summed E-state index contributed by atoms with van der Waals surface area (Å²) in [5.74, 6) is -0.492. The molecule has 0 aromatic heterocycles. The molecule has 6 heteroatoms. The van der Waals surface area contributed by atoms with Crippen molar-refractivity contribution in [1.29, 1.82) is 0 Å². The lowest BCUT2D eigenvalue weighted by Crippen LogP contribution is -2.46. The van der Waals surface area contributed by atoms with E-state index in [1.54, 1.807) is 0 Å². The van der Waals surface area contributed by atoms with Gasteiger partial charge < -0.3 is 20.3 Å². The summed E-state index contributed by atoms with van der Waals surface area (Å²) in [7, 11) is 0. The smallest absolute Gasteiger partial charge is 0.306 e. The molecule has 0 aromatic carbocycles. The van der Waals surface area contributed by atoms with Crippen molar-refractivity contribution in [3.63, 3.8) is 0 Å². The predicted molar refractivity (Wildman–Crippen MR) is 278 cm³/mol. The van der Waals surface area contributed by atoms with E-state index in [1.807, 2.05) is 0 Å². The standard InChI is InChI=1S/C58H109NO5/c1-4-7-10-13-16-19-22-25-27-28-29-30-33-36-39-42-45-48-51-58(63)64-54(49-46-43-40-37-34-31-24-21-18-15-12-9-6-3)52-57(62)59-55(53-60)56(61)50-47-44-41-38-35-32-26-23-20-17-14-11-8-5-2/h18,21,24,29-31,54-56,60-61H,4-17,19-20,22-23,25-28,32-53H2,1-3H3,(H,59,62)/b21-18+,30-29+,31-24+. The van der Waals surface area contributed by atoms with Gasteiger partial charge in [-0.1, -0.05) is 243 Å². The number of allylic oxidation sites excluding steroid dienone is 6. The molecule has 6 nitrogen and oxygen atoms in total. The van der Waals surface area contributed by atoms with Crippen LogP contribution >= 0.6 is 0 Å². The molecule has 0 aliphatic rings. The number of rotatable bonds is 51. The molecule has 64 heavy (non-hydrogen) atoms. The molecule has 3 N–H and O–H groups in total. The molecule has 0 spiro atoms. The highest BCUT2D eigenvalue weighted by molar-refractivity contribution is 5.77. The number of hydrogen-bond donors (Lipinski definition) is 3. The molecule has 376 valence electrons. The molecule has 0 aromatic rings. The number of ether oxygens (including phenoxy) is 1. The third kappa shape index (κ3) is 46.6. The van der Waals surface area contributed by atoms with Crippen LogP contribution in [-0.2, 0) is 14.3 Å². The van der Waals surface area contributed by atoms with Crippen LogP contribution in [0.4, 0.5) is 0 Å². The lowest BCUT2D eigenvalue weighted by atomic mass is 10.0. The third-order valence-electron chi connectivity index (χ3n) is 13.0. The zero-order valence-corrected chi connectivity index (χ0v) is 42.9. The van der Waals surface area contributed by atoms with E-state index in [-0.39, 0.29) is 24.9 Å². The van der Waals surface area contributed by atoms with Crippen molar-refractivity contribution in [2.75, 3.05) is 6.61 Å². The average molecular weight is 901 g/mol. The first-order valence-electron chi connectivity index (χ1n) is 28.2. The van der Waals surface area contributed by atoms with Crippen molar-refractivity contribution in [3.8, 4) is 0 Å². The molecule has 0 fully saturated rings. The average Bonchev–Trinajstić information content (AvgIpc) is 3.29. The first-order valence-corrected chi connectivity index (χ1v) is 28.2. The highest BCUT2D eigenvalue weighted by Crippen LogP contribution is 2.18. The van der Waals surface area contributed by atoms with Crippen molar-refractivity contribution in [1.82, 2.24) is 5.32 Å². The zero-order valence-electron chi connectivity index (χ0n) is 42.9. The second kappa shape index (κ2) is 52.1. The van der Waals surface area contributed by atoms with E-state index in [2.05, 4.69) is 62.5 Å². The molecule has 3 atom stereocenters. The molecule has 0 heterocycles. The number of amides is 1. The summed E-state index contributed by atoms with van der Waals surface area (Å²) in [6, 6.07) is -0.708. The van der Waals surface area contributed by atoms with Crippen LogP contribution in [0.25, 0.3) is 0 Å². The first-order chi connectivity index (χ1) is 31.5. The Hall–Kier alpha value is -1.92. The van der Waals surface area contributed by atoms with Crippen molar-refractivity contribution in [3.05, 3.63) is 36.5 Å². The molecule has 3 unspecified atom stereocenters. The quantitative estimate of drug-likeness (QED) is 0.0245. The first kappa shape index (κ1) is 62.1. The zero-order chi connectivity index (χ0) is 46.7. The van der Waals surface area contributed by atoms with Crippen LogP contribution in [0.1, 0.15) is 297 Å². The van der Waals surface area contributed by atoms with Gasteiger partial charge >= 0.3 is 5.97 Å². The Kier molecular flexibility index (Phi) is 50.5. The minimum atomic E-state index is -0.793. The van der Waals surface area contributed by atoms with Crippen molar-refractivity contribution < 1.29 is 24.5 Å². The normalized spacial score (nSPS) is 13.4. The van der Waals surface area contributed by atoms with Gasteiger partial charge in [0.25, 0.3) is 0 Å². The third-order valence-corrected chi connectivity index (χ3v) is 13.0. The van der Waals surface area contributed by atoms with Crippen LogP contribution in [0, 0.1) is 0 Å².